The van der Waals surface area contributed by atoms with Crippen molar-refractivity contribution in [1.82, 2.24) is 4.57 Å². The molecule has 0 fully saturated rings. The van der Waals surface area contributed by atoms with Gasteiger partial charge in [0.05, 0.1) is 5.97 Å². The molecule has 15 heavy (non-hydrogen) atoms. The summed E-state index contributed by atoms with van der Waals surface area (Å²) in [4.78, 5) is 21.2. The Morgan fingerprint density at radius 1 is 1.47 bits per heavy atom. The molecule has 0 spiro atoms. The molecule has 0 aliphatic heterocycles. The summed E-state index contributed by atoms with van der Waals surface area (Å²) in [7, 11) is 0. The molecule has 0 saturated heterocycles. The van der Waals surface area contributed by atoms with E-state index in [1.165, 1.54) is 41.7 Å². The van der Waals surface area contributed by atoms with Crippen molar-refractivity contribution in [2.24, 2.45) is 0 Å². The predicted octanol–water partition coefficient (Wildman–Crippen LogP) is -1.27. The number of carboxylic acids is 2. The lowest BCUT2D eigenvalue weighted by atomic mass is 10.3. The topological polar surface area (TPSA) is 86.2 Å². The van der Waals surface area contributed by atoms with E-state index >= 15 is 0 Å². The minimum Gasteiger partial charge on any atom is -0.546 e. The minimum atomic E-state index is -1.21. The lowest BCUT2D eigenvalue weighted by Gasteiger charge is -2.07. The fourth-order valence-electron chi connectivity index (χ4n) is 1.09. The highest BCUT2D eigenvalue weighted by Gasteiger charge is 2.20. The van der Waals surface area contributed by atoms with Gasteiger partial charge in [0, 0.05) is 0 Å². The Hall–Kier alpha value is -1.85. The maximum atomic E-state index is 10.7. The van der Waals surface area contributed by atoms with Crippen molar-refractivity contribution in [3.05, 3.63) is 18.7 Å². The van der Waals surface area contributed by atoms with E-state index in [-0.39, 0.29) is 0 Å². The zero-order valence-corrected chi connectivity index (χ0v) is 8.45. The van der Waals surface area contributed by atoms with Gasteiger partial charge < -0.3 is 15.0 Å². The van der Waals surface area contributed by atoms with Crippen LogP contribution in [0.1, 0.15) is 25.9 Å². The average Bonchev–Trinajstić information content (AvgIpc) is 2.63. The third-order valence-electron chi connectivity index (χ3n) is 2.27. The molecule has 1 aromatic rings. The maximum Gasteiger partial charge on any atom is 0.349 e. The first-order valence-corrected chi connectivity index (χ1v) is 4.45. The van der Waals surface area contributed by atoms with Crippen LogP contribution in [0.15, 0.2) is 18.7 Å². The van der Waals surface area contributed by atoms with Gasteiger partial charge in [-0.3, -0.25) is 0 Å². The van der Waals surface area contributed by atoms with Gasteiger partial charge in [-0.2, -0.15) is 0 Å². The van der Waals surface area contributed by atoms with E-state index in [4.69, 9.17) is 5.11 Å². The third-order valence-corrected chi connectivity index (χ3v) is 2.27. The Labute approximate surface area is 86.4 Å². The van der Waals surface area contributed by atoms with Crippen LogP contribution in [-0.2, 0) is 9.59 Å². The molecule has 0 bridgehead atoms. The number of nitrogens with zero attached hydrogens (tertiary/aromatic N) is 2. The molecule has 6 heteroatoms. The first kappa shape index (κ1) is 11.2. The largest absolute Gasteiger partial charge is 0.546 e. The van der Waals surface area contributed by atoms with Crippen LogP contribution in [0.25, 0.3) is 0 Å². The van der Waals surface area contributed by atoms with Gasteiger partial charge in [-0.15, -0.1) is 0 Å². The number of aliphatic carboxylic acids is 2. The normalized spacial score (nSPS) is 14.5. The van der Waals surface area contributed by atoms with Crippen LogP contribution in [0.3, 0.4) is 0 Å². The van der Waals surface area contributed by atoms with Gasteiger partial charge in [-0.05, 0) is 13.8 Å². The van der Waals surface area contributed by atoms with Crippen molar-refractivity contribution in [3.63, 3.8) is 0 Å². The van der Waals surface area contributed by atoms with Crippen molar-refractivity contribution in [1.29, 1.82) is 0 Å². The Kier molecular flexibility index (Phi) is 3.08. The van der Waals surface area contributed by atoms with Crippen LogP contribution >= 0.6 is 0 Å². The number of aromatic nitrogens is 2. The van der Waals surface area contributed by atoms with E-state index in [2.05, 4.69) is 0 Å². The van der Waals surface area contributed by atoms with Crippen molar-refractivity contribution in [3.8, 4) is 0 Å². The summed E-state index contributed by atoms with van der Waals surface area (Å²) >= 11 is 0. The van der Waals surface area contributed by atoms with Gasteiger partial charge in [0.2, 0.25) is 6.33 Å². The van der Waals surface area contributed by atoms with Crippen LogP contribution in [0.2, 0.25) is 0 Å². The zero-order valence-electron chi connectivity index (χ0n) is 8.45. The third kappa shape index (κ3) is 2.34. The van der Waals surface area contributed by atoms with Crippen molar-refractivity contribution >= 4 is 11.9 Å². The molecule has 1 heterocycles. The number of carboxylic acid groups (broad SMARTS) is 2. The summed E-state index contributed by atoms with van der Waals surface area (Å²) in [6.45, 7) is 2.97. The minimum absolute atomic E-state index is 0.722. The standard InChI is InChI=1S/C9H12N2O4/c1-6(8(12)13)10-3-4-11(5-10)7(2)9(14)15/h3-7H,1-2H3,(H-,12,13,14,15)/t6-,7-/m0/s1. The molecular weight excluding hydrogens is 200 g/mol. The zero-order chi connectivity index (χ0) is 11.6. The highest BCUT2D eigenvalue weighted by Crippen LogP contribution is 2.03. The van der Waals surface area contributed by atoms with Crippen LogP contribution in [-0.4, -0.2) is 21.6 Å². The first-order chi connectivity index (χ1) is 6.93. The van der Waals surface area contributed by atoms with E-state index < -0.39 is 24.0 Å². The van der Waals surface area contributed by atoms with E-state index in [1.54, 1.807) is 0 Å². The molecule has 82 valence electrons. The number of carbonyl (C=O) groups excluding carboxylic acids is 1. The van der Waals surface area contributed by atoms with Crippen molar-refractivity contribution < 1.29 is 24.4 Å². The second-order valence-electron chi connectivity index (χ2n) is 3.32. The predicted molar refractivity (Wildman–Crippen MR) is 46.7 cm³/mol. The summed E-state index contributed by atoms with van der Waals surface area (Å²) in [6.07, 6.45) is 4.44. The Balaban J connectivity index is 2.89. The maximum absolute atomic E-state index is 10.7. The Morgan fingerprint density at radius 3 is 2.53 bits per heavy atom. The molecule has 0 amide bonds. The average molecular weight is 212 g/mol. The Morgan fingerprint density at radius 2 is 2.07 bits per heavy atom. The van der Waals surface area contributed by atoms with Gasteiger partial charge in [0.1, 0.15) is 18.4 Å². The number of imidazole rings is 1. The highest BCUT2D eigenvalue weighted by molar-refractivity contribution is 5.69. The number of hydrogen-bond acceptors (Lipinski definition) is 3. The van der Waals surface area contributed by atoms with Crippen LogP contribution < -0.4 is 9.67 Å². The van der Waals surface area contributed by atoms with Gasteiger partial charge in [0.25, 0.3) is 0 Å². The molecule has 0 unspecified atom stereocenters. The summed E-state index contributed by atoms with van der Waals surface area (Å²) in [5.41, 5.74) is 0. The SMILES string of the molecule is C[C@@H](C(=O)[O-])n1cc[n+]([C@@H](C)C(=O)O)c1. The fraction of sp³-hybridized carbons (Fsp3) is 0.444. The van der Waals surface area contributed by atoms with Crippen LogP contribution in [0.5, 0.6) is 0 Å². The molecule has 0 aliphatic carbocycles. The molecule has 0 saturated carbocycles. The monoisotopic (exact) mass is 212 g/mol. The van der Waals surface area contributed by atoms with Crippen molar-refractivity contribution in [2.45, 2.75) is 25.9 Å². The summed E-state index contributed by atoms with van der Waals surface area (Å²) in [6, 6.07) is -1.53. The Bertz CT molecular complexity index is 351. The molecule has 2 atom stereocenters. The lowest BCUT2D eigenvalue weighted by molar-refractivity contribution is -0.707. The molecule has 0 aromatic carbocycles. The van der Waals surface area contributed by atoms with E-state index in [1.807, 2.05) is 0 Å². The van der Waals surface area contributed by atoms with Crippen molar-refractivity contribution in [2.75, 3.05) is 0 Å². The van der Waals surface area contributed by atoms with Gasteiger partial charge in [-0.25, -0.2) is 13.9 Å². The summed E-state index contributed by atoms with van der Waals surface area (Å²) in [5.74, 6) is -2.18. The van der Waals surface area contributed by atoms with Gasteiger partial charge in [-0.1, -0.05) is 0 Å². The molecule has 1 rings (SSSR count). The van der Waals surface area contributed by atoms with Crippen LogP contribution in [0, 0.1) is 0 Å². The second kappa shape index (κ2) is 4.12. The lowest BCUT2D eigenvalue weighted by Crippen LogP contribution is -2.41. The van der Waals surface area contributed by atoms with E-state index in [0.29, 0.717) is 0 Å². The highest BCUT2D eigenvalue weighted by atomic mass is 16.4. The molecule has 6 nitrogen and oxygen atoms in total. The summed E-state index contributed by atoms with van der Waals surface area (Å²) in [5, 5.41) is 19.3. The van der Waals surface area contributed by atoms with Gasteiger partial charge >= 0.3 is 5.97 Å². The molecule has 0 radical (unpaired) electrons. The fourth-order valence-corrected chi connectivity index (χ4v) is 1.09. The molecular formula is C9H12N2O4. The molecule has 1 aromatic heterocycles. The van der Waals surface area contributed by atoms with E-state index in [0.717, 1.165) is 0 Å². The smallest absolute Gasteiger partial charge is 0.349 e. The van der Waals surface area contributed by atoms with Gasteiger partial charge in [0.15, 0.2) is 6.04 Å². The second-order valence-corrected chi connectivity index (χ2v) is 3.32. The van der Waals surface area contributed by atoms with E-state index in [9.17, 15) is 14.7 Å². The number of carbonyl (C=O) groups is 2. The summed E-state index contributed by atoms with van der Waals surface area (Å²) < 4.78 is 2.80. The quantitative estimate of drug-likeness (QED) is 0.630. The molecule has 1 N–H and O–H groups in total. The number of rotatable bonds is 4. The molecule has 0 aliphatic rings. The first-order valence-electron chi connectivity index (χ1n) is 4.45. The van der Waals surface area contributed by atoms with Crippen LogP contribution in [0.4, 0.5) is 0 Å². The number of hydrogen-bond donors (Lipinski definition) is 1.